The number of unbranched alkanes of at least 4 members (excludes halogenated alkanes) is 42. The Balaban J connectivity index is 0.0000266. The normalized spacial score (nSPS) is 11.6. The van der Waals surface area contributed by atoms with Crippen LogP contribution in [0.2, 0.25) is 0 Å². The molecule has 2 aromatic rings. The van der Waals surface area contributed by atoms with Gasteiger partial charge in [0, 0.05) is 44.4 Å². The molecule has 0 fully saturated rings. The third kappa shape index (κ3) is 43.4. The number of rotatable bonds is 49. The maximum atomic E-state index is 5.38. The molecule has 0 unspecified atom stereocenters. The van der Waals surface area contributed by atoms with Crippen molar-refractivity contribution in [3.8, 4) is 23.7 Å². The third-order valence-electron chi connectivity index (χ3n) is 14.9. The van der Waals surface area contributed by atoms with Crippen LogP contribution in [0.3, 0.4) is 0 Å². The van der Waals surface area contributed by atoms with Crippen molar-refractivity contribution in [3.05, 3.63) is 59.7 Å². The smallest absolute Gasteiger partial charge is 0.0646 e. The van der Waals surface area contributed by atoms with E-state index < -0.39 is 0 Å². The molecule has 0 bridgehead atoms. The second kappa shape index (κ2) is 54.4. The molecule has 0 aliphatic rings. The van der Waals surface area contributed by atoms with Crippen LogP contribution in [0, 0.1) is 23.7 Å². The molecule has 2 nitrogen and oxygen atoms in total. The van der Waals surface area contributed by atoms with Crippen molar-refractivity contribution in [2.75, 3.05) is 0 Å². The number of benzene rings is 2. The second-order valence-electron chi connectivity index (χ2n) is 22.0. The van der Waals surface area contributed by atoms with E-state index in [4.69, 9.17) is 9.98 Å². The van der Waals surface area contributed by atoms with Gasteiger partial charge in [-0.1, -0.05) is 320 Å². The first-order chi connectivity index (χ1) is 35.7. The molecule has 3 heteroatoms. The molecule has 2 aromatic carbocycles. The molecule has 0 spiro atoms. The summed E-state index contributed by atoms with van der Waals surface area (Å²) in [4.78, 5) is 10.7. The summed E-state index contributed by atoms with van der Waals surface area (Å²) in [6, 6.07) is 17.2. The van der Waals surface area contributed by atoms with Crippen LogP contribution < -0.4 is 0 Å². The minimum absolute atomic E-state index is 0. The molecular weight excluding hydrogens is 975 g/mol. The quantitative estimate of drug-likeness (QED) is 0.0273. The van der Waals surface area contributed by atoms with Crippen LogP contribution in [-0.2, 0) is 20.4 Å². The Morgan fingerprint density at radius 1 is 0.301 bits per heavy atom. The molecule has 0 radical (unpaired) electrons. The van der Waals surface area contributed by atoms with Crippen molar-refractivity contribution >= 4 is 22.8 Å². The number of hydrogen-bond donors (Lipinski definition) is 0. The van der Waals surface area contributed by atoms with Gasteiger partial charge in [-0.3, -0.25) is 9.98 Å². The van der Waals surface area contributed by atoms with Crippen LogP contribution in [0.25, 0.3) is 0 Å². The molecular formula is C70H116N2Pd. The molecule has 416 valence electrons. The van der Waals surface area contributed by atoms with E-state index in [0.717, 1.165) is 78.9 Å². The van der Waals surface area contributed by atoms with Crippen LogP contribution in [0.5, 0.6) is 0 Å². The topological polar surface area (TPSA) is 24.7 Å². The fourth-order valence-electron chi connectivity index (χ4n) is 10.1. The fourth-order valence-corrected chi connectivity index (χ4v) is 10.1. The van der Waals surface area contributed by atoms with Crippen molar-refractivity contribution in [3.63, 3.8) is 0 Å². The van der Waals surface area contributed by atoms with Gasteiger partial charge in [0.1, 0.15) is 0 Å². The first kappa shape index (κ1) is 68.6. The summed E-state index contributed by atoms with van der Waals surface area (Å²) in [5.41, 5.74) is 6.42. The van der Waals surface area contributed by atoms with Crippen LogP contribution in [-0.4, -0.2) is 11.4 Å². The van der Waals surface area contributed by atoms with Gasteiger partial charge in [0.2, 0.25) is 0 Å². The van der Waals surface area contributed by atoms with Crippen molar-refractivity contribution in [2.45, 2.75) is 336 Å². The Morgan fingerprint density at radius 2 is 0.548 bits per heavy atom. The van der Waals surface area contributed by atoms with Gasteiger partial charge in [0.15, 0.2) is 0 Å². The van der Waals surface area contributed by atoms with E-state index in [-0.39, 0.29) is 20.4 Å². The molecule has 0 N–H and O–H groups in total. The van der Waals surface area contributed by atoms with Gasteiger partial charge < -0.3 is 0 Å². The van der Waals surface area contributed by atoms with Gasteiger partial charge in [-0.25, -0.2) is 0 Å². The molecule has 0 amide bonds. The summed E-state index contributed by atoms with van der Waals surface area (Å²) < 4.78 is 0. The number of aliphatic imine (C=N–C) groups is 2. The van der Waals surface area contributed by atoms with E-state index in [1.165, 1.54) is 263 Å². The summed E-state index contributed by atoms with van der Waals surface area (Å²) in [5.74, 6) is 14.0. The molecule has 0 heterocycles. The Hall–Kier alpha value is -2.44. The van der Waals surface area contributed by atoms with Gasteiger partial charge in [-0.15, -0.1) is 0 Å². The average Bonchev–Trinajstić information content (AvgIpc) is 3.39. The molecule has 0 saturated heterocycles. The molecule has 0 aliphatic heterocycles. The van der Waals surface area contributed by atoms with E-state index >= 15 is 0 Å². The summed E-state index contributed by atoms with van der Waals surface area (Å²) in [6.07, 6.45) is 64.5. The van der Waals surface area contributed by atoms with Crippen molar-refractivity contribution in [1.82, 2.24) is 0 Å². The maximum absolute atomic E-state index is 5.38. The Labute approximate surface area is 469 Å². The largest absolute Gasteiger partial charge is 0.252 e. The maximum Gasteiger partial charge on any atom is 0.0646 e. The van der Waals surface area contributed by atoms with E-state index in [1.807, 2.05) is 0 Å². The van der Waals surface area contributed by atoms with Gasteiger partial charge in [-0.2, -0.15) is 0 Å². The molecule has 0 aromatic heterocycles. The molecule has 0 atom stereocenters. The third-order valence-corrected chi connectivity index (χ3v) is 14.9. The minimum atomic E-state index is 0. The number of hydrogen-bond acceptors (Lipinski definition) is 2. The monoisotopic (exact) mass is 1090 g/mol. The summed E-state index contributed by atoms with van der Waals surface area (Å²) >= 11 is 0. The van der Waals surface area contributed by atoms with E-state index in [2.05, 4.69) is 99.9 Å². The van der Waals surface area contributed by atoms with Crippen LogP contribution in [0.1, 0.15) is 347 Å². The van der Waals surface area contributed by atoms with E-state index in [1.54, 1.807) is 0 Å². The summed E-state index contributed by atoms with van der Waals surface area (Å²) in [6.45, 7) is 9.19. The molecule has 0 aliphatic carbocycles. The van der Waals surface area contributed by atoms with Gasteiger partial charge in [-0.05, 0) is 74.9 Å². The van der Waals surface area contributed by atoms with Crippen LogP contribution in [0.15, 0.2) is 58.5 Å². The van der Waals surface area contributed by atoms with Crippen molar-refractivity contribution < 1.29 is 20.4 Å². The summed E-state index contributed by atoms with van der Waals surface area (Å²) in [7, 11) is 0. The Bertz CT molecular complexity index is 1700. The van der Waals surface area contributed by atoms with E-state index in [0.29, 0.717) is 0 Å². The first-order valence-electron chi connectivity index (χ1n) is 32.0. The molecule has 2 rings (SSSR count). The first-order valence-corrected chi connectivity index (χ1v) is 32.0. The predicted molar refractivity (Wildman–Crippen MR) is 325 cm³/mol. The predicted octanol–water partition coefficient (Wildman–Crippen LogP) is 24.0. The average molecular weight is 1090 g/mol. The second-order valence-corrected chi connectivity index (χ2v) is 22.0. The van der Waals surface area contributed by atoms with Crippen LogP contribution >= 0.6 is 0 Å². The van der Waals surface area contributed by atoms with Gasteiger partial charge in [0.25, 0.3) is 0 Å². The zero-order chi connectivity index (χ0) is 51.3. The van der Waals surface area contributed by atoms with Crippen molar-refractivity contribution in [1.29, 1.82) is 0 Å². The zero-order valence-corrected chi connectivity index (χ0v) is 50.3. The van der Waals surface area contributed by atoms with Crippen molar-refractivity contribution in [2.24, 2.45) is 9.98 Å². The minimum Gasteiger partial charge on any atom is -0.252 e. The van der Waals surface area contributed by atoms with E-state index in [9.17, 15) is 0 Å². The molecule has 73 heavy (non-hydrogen) atoms. The molecule has 0 saturated carbocycles. The standard InChI is InChI=1S/C70H116N2.Pd/c1-5-9-13-16-19-21-23-25-27-29-31-33-35-37-39-41-43-45-47-50-55-65-57-53-59-67(63-65)71-69(61-12-8-4)70(62-52-49-18-15-11-7-3)72-68-60-54-58-66(64-68)56-51-48-46-44-42-40-38-36-34-32-30-28-26-24-22-20-17-14-10-6-2;/h53-54,57-60,63-64H,5-49,52,61-62H2,1-4H3;. The zero-order valence-electron chi connectivity index (χ0n) is 48.8. The van der Waals surface area contributed by atoms with Gasteiger partial charge in [0.05, 0.1) is 22.8 Å². The SMILES string of the molecule is CCCCCCCCCCCCCCCCCCCCC#Cc1cccc(N=C(CCCC)C(CCCCCCCC)=Nc2cccc(C#CCCCCCCCCCCCCCCCCCCCC)c2)c1.[Pd]. The Morgan fingerprint density at radius 3 is 0.836 bits per heavy atom. The fraction of sp³-hybridized carbons (Fsp3) is 0.743. The summed E-state index contributed by atoms with van der Waals surface area (Å²) in [5, 5.41) is 0. The Kier molecular flexibility index (Phi) is 51.1. The van der Waals surface area contributed by atoms with Crippen LogP contribution in [0.4, 0.5) is 11.4 Å². The number of nitrogens with zero attached hydrogens (tertiary/aromatic N) is 2. The van der Waals surface area contributed by atoms with Gasteiger partial charge >= 0.3 is 0 Å².